The molecule has 1 heterocycles. The Morgan fingerprint density at radius 1 is 1.07 bits per heavy atom. The Kier molecular flexibility index (Phi) is 7.47. The molecule has 6 nitrogen and oxygen atoms in total. The minimum absolute atomic E-state index is 0.00577. The number of halogens is 1. The minimum Gasteiger partial charge on any atom is -0.449 e. The van der Waals surface area contributed by atoms with Gasteiger partial charge in [0.25, 0.3) is 5.91 Å². The predicted octanol–water partition coefficient (Wildman–Crippen LogP) is 4.39. The first-order chi connectivity index (χ1) is 13.5. The Bertz CT molecular complexity index is 864. The van der Waals surface area contributed by atoms with Crippen LogP contribution in [-0.4, -0.2) is 44.7 Å². The van der Waals surface area contributed by atoms with Gasteiger partial charge >= 0.3 is 5.97 Å². The number of hydrogen-bond donors (Lipinski definition) is 0. The second-order valence-corrected chi connectivity index (χ2v) is 8.23. The average Bonchev–Trinajstić information content (AvgIpc) is 2.89. The maximum atomic E-state index is 12.7. The van der Waals surface area contributed by atoms with Gasteiger partial charge in [0.2, 0.25) is 0 Å². The highest BCUT2D eigenvalue weighted by Gasteiger charge is 2.30. The zero-order valence-electron chi connectivity index (χ0n) is 18.2. The monoisotopic (exact) mass is 419 g/mol. The van der Waals surface area contributed by atoms with Crippen LogP contribution in [0.15, 0.2) is 24.3 Å². The molecule has 0 fully saturated rings. The van der Waals surface area contributed by atoms with Crippen LogP contribution >= 0.6 is 11.6 Å². The second kappa shape index (κ2) is 9.44. The third kappa shape index (κ3) is 5.38. The first kappa shape index (κ1) is 22.9. The summed E-state index contributed by atoms with van der Waals surface area (Å²) < 4.78 is 7.02. The minimum atomic E-state index is -0.914. The number of benzene rings is 1. The average molecular weight is 420 g/mol. The summed E-state index contributed by atoms with van der Waals surface area (Å²) in [7, 11) is 0. The van der Waals surface area contributed by atoms with Gasteiger partial charge in [-0.1, -0.05) is 41.4 Å². The number of carbonyl (C=O) groups is 2. The Morgan fingerprint density at radius 2 is 1.62 bits per heavy atom. The molecule has 0 bridgehead atoms. The maximum Gasteiger partial charge on any atom is 0.343 e. The topological polar surface area (TPSA) is 64.4 Å². The van der Waals surface area contributed by atoms with Crippen molar-refractivity contribution in [3.05, 3.63) is 51.8 Å². The Morgan fingerprint density at radius 3 is 2.14 bits per heavy atom. The van der Waals surface area contributed by atoms with Crippen LogP contribution in [0.2, 0.25) is 5.15 Å². The number of aromatic nitrogens is 2. The fourth-order valence-corrected chi connectivity index (χ4v) is 3.65. The number of hydrogen-bond acceptors (Lipinski definition) is 4. The van der Waals surface area contributed by atoms with E-state index in [1.165, 1.54) is 0 Å². The van der Waals surface area contributed by atoms with E-state index in [1.54, 1.807) is 23.4 Å². The van der Waals surface area contributed by atoms with E-state index in [9.17, 15) is 9.59 Å². The van der Waals surface area contributed by atoms with Crippen LogP contribution in [0.25, 0.3) is 0 Å². The fraction of sp³-hybridized carbons (Fsp3) is 0.500. The summed E-state index contributed by atoms with van der Waals surface area (Å²) in [5, 5.41) is 4.59. The second-order valence-electron chi connectivity index (χ2n) is 7.88. The molecule has 2 rings (SSSR count). The van der Waals surface area contributed by atoms with Crippen LogP contribution in [0, 0.1) is 13.8 Å². The molecule has 2 aromatic rings. The molecular formula is C22H30ClN3O3. The summed E-state index contributed by atoms with van der Waals surface area (Å²) in [4.78, 5) is 27.2. The molecule has 0 spiro atoms. The molecule has 7 heteroatoms. The third-order valence-corrected chi connectivity index (χ3v) is 5.11. The van der Waals surface area contributed by atoms with Crippen LogP contribution in [0.5, 0.6) is 0 Å². The van der Waals surface area contributed by atoms with Gasteiger partial charge < -0.3 is 9.64 Å². The summed E-state index contributed by atoms with van der Waals surface area (Å²) in [6.45, 7) is 13.5. The SMILES string of the molecule is Cc1ccc(Cn2nc(C)c(C(=O)O[C@@H](C)C(=O)N(C(C)C)C(C)C)c2Cl)cc1. The summed E-state index contributed by atoms with van der Waals surface area (Å²) in [5.74, 6) is -0.875. The van der Waals surface area contributed by atoms with E-state index in [4.69, 9.17) is 16.3 Å². The summed E-state index contributed by atoms with van der Waals surface area (Å²) in [6.07, 6.45) is -0.914. The molecule has 0 unspecified atom stereocenters. The molecule has 0 saturated heterocycles. The number of amides is 1. The third-order valence-electron chi connectivity index (χ3n) is 4.72. The first-order valence-electron chi connectivity index (χ1n) is 9.84. The lowest BCUT2D eigenvalue weighted by molar-refractivity contribution is -0.143. The molecule has 0 aliphatic heterocycles. The number of esters is 1. The largest absolute Gasteiger partial charge is 0.449 e. The number of aryl methyl sites for hydroxylation is 2. The van der Waals surface area contributed by atoms with E-state index in [2.05, 4.69) is 5.10 Å². The summed E-state index contributed by atoms with van der Waals surface area (Å²) >= 11 is 6.44. The Labute approximate surface area is 177 Å². The molecule has 1 aromatic heterocycles. The van der Waals surface area contributed by atoms with Gasteiger partial charge in [0.15, 0.2) is 6.10 Å². The van der Waals surface area contributed by atoms with Crippen molar-refractivity contribution in [3.63, 3.8) is 0 Å². The van der Waals surface area contributed by atoms with E-state index in [0.717, 1.165) is 11.1 Å². The van der Waals surface area contributed by atoms with Gasteiger partial charge in [-0.2, -0.15) is 5.10 Å². The predicted molar refractivity (Wildman–Crippen MR) is 114 cm³/mol. The number of nitrogens with zero attached hydrogens (tertiary/aromatic N) is 3. The molecule has 0 N–H and O–H groups in total. The van der Waals surface area contributed by atoms with Crippen molar-refractivity contribution in [1.82, 2.24) is 14.7 Å². The molecule has 29 heavy (non-hydrogen) atoms. The van der Waals surface area contributed by atoms with Crippen LogP contribution in [0.4, 0.5) is 0 Å². The van der Waals surface area contributed by atoms with Crippen molar-refractivity contribution in [2.75, 3.05) is 0 Å². The van der Waals surface area contributed by atoms with Gasteiger partial charge in [0.05, 0.1) is 12.2 Å². The molecule has 158 valence electrons. The van der Waals surface area contributed by atoms with Gasteiger partial charge in [0.1, 0.15) is 10.7 Å². The zero-order valence-corrected chi connectivity index (χ0v) is 18.9. The van der Waals surface area contributed by atoms with Crippen molar-refractivity contribution < 1.29 is 14.3 Å². The highest BCUT2D eigenvalue weighted by atomic mass is 35.5. The van der Waals surface area contributed by atoms with Crippen molar-refractivity contribution in [1.29, 1.82) is 0 Å². The molecule has 0 radical (unpaired) electrons. The summed E-state index contributed by atoms with van der Waals surface area (Å²) in [5.41, 5.74) is 2.85. The highest BCUT2D eigenvalue weighted by Crippen LogP contribution is 2.23. The van der Waals surface area contributed by atoms with Crippen molar-refractivity contribution in [2.24, 2.45) is 0 Å². The standard InChI is InChI=1S/C22H30ClN3O3/c1-13(2)26(14(3)4)21(27)17(7)29-22(28)19-16(6)24-25(20(19)23)12-18-10-8-15(5)9-11-18/h8-11,13-14,17H,12H2,1-7H3/t17-/m0/s1. The van der Waals surface area contributed by atoms with Crippen LogP contribution in [0.1, 0.15) is 61.8 Å². The molecule has 0 aliphatic carbocycles. The van der Waals surface area contributed by atoms with E-state index in [1.807, 2.05) is 58.9 Å². The fourth-order valence-electron chi connectivity index (χ4n) is 3.34. The van der Waals surface area contributed by atoms with Crippen LogP contribution in [0.3, 0.4) is 0 Å². The van der Waals surface area contributed by atoms with Crippen molar-refractivity contribution in [2.45, 2.75) is 73.2 Å². The van der Waals surface area contributed by atoms with Gasteiger partial charge in [-0.05, 0) is 54.0 Å². The van der Waals surface area contributed by atoms with Gasteiger partial charge in [-0.25, -0.2) is 9.48 Å². The molecule has 0 saturated carbocycles. The van der Waals surface area contributed by atoms with Gasteiger partial charge in [-0.3, -0.25) is 4.79 Å². The van der Waals surface area contributed by atoms with E-state index < -0.39 is 12.1 Å². The van der Waals surface area contributed by atoms with E-state index >= 15 is 0 Å². The molecular weight excluding hydrogens is 390 g/mol. The first-order valence-corrected chi connectivity index (χ1v) is 10.2. The lowest BCUT2D eigenvalue weighted by atomic mass is 10.1. The smallest absolute Gasteiger partial charge is 0.343 e. The highest BCUT2D eigenvalue weighted by molar-refractivity contribution is 6.32. The van der Waals surface area contributed by atoms with Gasteiger partial charge in [0, 0.05) is 12.1 Å². The molecule has 1 atom stereocenters. The van der Waals surface area contributed by atoms with Crippen molar-refractivity contribution in [3.8, 4) is 0 Å². The number of carbonyl (C=O) groups excluding carboxylic acids is 2. The summed E-state index contributed by atoms with van der Waals surface area (Å²) in [6, 6.07) is 8.02. The van der Waals surface area contributed by atoms with Crippen LogP contribution < -0.4 is 0 Å². The van der Waals surface area contributed by atoms with E-state index in [-0.39, 0.29) is 28.7 Å². The Hall–Kier alpha value is -2.34. The number of rotatable bonds is 7. The molecule has 1 aromatic carbocycles. The van der Waals surface area contributed by atoms with Gasteiger partial charge in [-0.15, -0.1) is 0 Å². The van der Waals surface area contributed by atoms with E-state index in [0.29, 0.717) is 12.2 Å². The number of ether oxygens (including phenoxy) is 1. The quantitative estimate of drug-likeness (QED) is 0.624. The maximum absolute atomic E-state index is 12.7. The normalized spacial score (nSPS) is 12.3. The molecule has 1 amide bonds. The lowest BCUT2D eigenvalue weighted by Gasteiger charge is -2.32. The Balaban J connectivity index is 2.17. The van der Waals surface area contributed by atoms with Crippen LogP contribution in [-0.2, 0) is 16.1 Å². The zero-order chi connectivity index (χ0) is 21.9. The lowest BCUT2D eigenvalue weighted by Crippen LogP contribution is -2.47. The van der Waals surface area contributed by atoms with Crippen molar-refractivity contribution >= 4 is 23.5 Å². The molecule has 0 aliphatic rings.